The highest BCUT2D eigenvalue weighted by molar-refractivity contribution is 6.02. The molecule has 0 aromatic rings. The smallest absolute Gasteiger partial charge is 0.243 e. The molecular weight excluding hydrogens is 240 g/mol. The van der Waals surface area contributed by atoms with Crippen molar-refractivity contribution >= 4 is 17.6 Å². The molecule has 0 spiro atoms. The van der Waals surface area contributed by atoms with Gasteiger partial charge in [0.05, 0.1) is 6.61 Å². The number of oxime groups is 1. The summed E-state index contributed by atoms with van der Waals surface area (Å²) in [5.74, 6) is -1.87. The summed E-state index contributed by atoms with van der Waals surface area (Å²) in [6, 6.07) is 0. The van der Waals surface area contributed by atoms with E-state index in [0.29, 0.717) is 0 Å². The van der Waals surface area contributed by atoms with Gasteiger partial charge in [-0.25, -0.2) is 0 Å². The average molecular weight is 260 g/mol. The highest BCUT2D eigenvalue weighted by Crippen LogP contribution is 2.10. The minimum Gasteiger partial charge on any atom is -0.409 e. The fourth-order valence-corrected chi connectivity index (χ4v) is 1.37. The number of nitrogens with zero attached hydrogens (tertiary/aromatic N) is 1. The third-order valence-corrected chi connectivity index (χ3v) is 2.17. The molecule has 1 unspecified atom stereocenters. The largest absolute Gasteiger partial charge is 0.409 e. The van der Waals surface area contributed by atoms with Crippen LogP contribution in [-0.4, -0.2) is 42.6 Å². The van der Waals surface area contributed by atoms with Crippen molar-refractivity contribution in [2.45, 2.75) is 13.8 Å². The van der Waals surface area contributed by atoms with Gasteiger partial charge in [-0.05, 0) is 5.92 Å². The lowest BCUT2D eigenvalue weighted by Gasteiger charge is -2.18. The van der Waals surface area contributed by atoms with Crippen LogP contribution in [0, 0.1) is 11.8 Å². The second kappa shape index (κ2) is 8.29. The number of amidine groups is 1. The Kier molecular flexibility index (Phi) is 7.45. The SMILES string of the molecule is CC(C)C(C(=O)NCCOCC(N)=O)C(N)=NO. The van der Waals surface area contributed by atoms with E-state index in [1.807, 2.05) is 0 Å². The van der Waals surface area contributed by atoms with Gasteiger partial charge < -0.3 is 26.7 Å². The number of carbonyl (C=O) groups is 2. The van der Waals surface area contributed by atoms with Crippen LogP contribution in [0.25, 0.3) is 0 Å². The van der Waals surface area contributed by atoms with Crippen molar-refractivity contribution in [1.82, 2.24) is 5.32 Å². The second-order valence-corrected chi connectivity index (χ2v) is 4.06. The number of ether oxygens (including phenoxy) is 1. The standard InChI is InChI=1S/C10H20N4O4/c1-6(2)8(9(12)14-17)10(16)13-3-4-18-5-7(11)15/h6,8,17H,3-5H2,1-2H3,(H2,11,15)(H2,12,14)(H,13,16). The molecule has 8 heteroatoms. The lowest BCUT2D eigenvalue weighted by molar-refractivity contribution is -0.124. The molecule has 0 fully saturated rings. The summed E-state index contributed by atoms with van der Waals surface area (Å²) in [6.07, 6.45) is 0. The maximum absolute atomic E-state index is 11.8. The van der Waals surface area contributed by atoms with E-state index in [1.165, 1.54) is 0 Å². The van der Waals surface area contributed by atoms with Crippen LogP contribution in [0.4, 0.5) is 0 Å². The van der Waals surface area contributed by atoms with Crippen LogP contribution < -0.4 is 16.8 Å². The van der Waals surface area contributed by atoms with Gasteiger partial charge in [0.2, 0.25) is 11.8 Å². The molecule has 0 aromatic heterocycles. The van der Waals surface area contributed by atoms with E-state index in [4.69, 9.17) is 21.4 Å². The van der Waals surface area contributed by atoms with Gasteiger partial charge in [0.1, 0.15) is 12.5 Å². The van der Waals surface area contributed by atoms with Gasteiger partial charge >= 0.3 is 0 Å². The summed E-state index contributed by atoms with van der Waals surface area (Å²) in [6.45, 7) is 3.76. The zero-order valence-corrected chi connectivity index (χ0v) is 10.5. The molecule has 1 atom stereocenters. The van der Waals surface area contributed by atoms with Gasteiger partial charge in [0.15, 0.2) is 5.84 Å². The first-order valence-electron chi connectivity index (χ1n) is 5.51. The fraction of sp³-hybridized carbons (Fsp3) is 0.700. The molecule has 0 aromatic carbocycles. The Hall–Kier alpha value is -1.83. The zero-order valence-electron chi connectivity index (χ0n) is 10.5. The number of nitrogens with one attached hydrogen (secondary N) is 1. The summed E-state index contributed by atoms with van der Waals surface area (Å²) >= 11 is 0. The van der Waals surface area contributed by atoms with Gasteiger partial charge in [-0.2, -0.15) is 0 Å². The van der Waals surface area contributed by atoms with E-state index in [9.17, 15) is 9.59 Å². The van der Waals surface area contributed by atoms with E-state index in [0.717, 1.165) is 0 Å². The van der Waals surface area contributed by atoms with Crippen molar-refractivity contribution in [3.05, 3.63) is 0 Å². The Morgan fingerprint density at radius 2 is 2.00 bits per heavy atom. The normalized spacial score (nSPS) is 13.4. The number of hydrogen-bond acceptors (Lipinski definition) is 5. The monoisotopic (exact) mass is 260 g/mol. The average Bonchev–Trinajstić information content (AvgIpc) is 2.27. The fourth-order valence-electron chi connectivity index (χ4n) is 1.37. The third kappa shape index (κ3) is 6.04. The van der Waals surface area contributed by atoms with Crippen molar-refractivity contribution in [1.29, 1.82) is 0 Å². The minimum absolute atomic E-state index is 0.104. The Bertz CT molecular complexity index is 317. The molecule has 0 aliphatic rings. The van der Waals surface area contributed by atoms with Crippen LogP contribution in [0.2, 0.25) is 0 Å². The first-order valence-corrected chi connectivity index (χ1v) is 5.51. The Balaban J connectivity index is 4.09. The van der Waals surface area contributed by atoms with Crippen LogP contribution in [-0.2, 0) is 14.3 Å². The van der Waals surface area contributed by atoms with E-state index < -0.39 is 11.8 Å². The Morgan fingerprint density at radius 1 is 1.39 bits per heavy atom. The molecule has 0 saturated heterocycles. The van der Waals surface area contributed by atoms with Crippen molar-refractivity contribution in [3.63, 3.8) is 0 Å². The highest BCUT2D eigenvalue weighted by Gasteiger charge is 2.26. The first kappa shape index (κ1) is 16.2. The van der Waals surface area contributed by atoms with Crippen molar-refractivity contribution in [2.75, 3.05) is 19.8 Å². The number of amides is 2. The molecule has 8 nitrogen and oxygen atoms in total. The molecule has 0 heterocycles. The van der Waals surface area contributed by atoms with Gasteiger partial charge in [0.25, 0.3) is 0 Å². The maximum Gasteiger partial charge on any atom is 0.243 e. The summed E-state index contributed by atoms with van der Waals surface area (Å²) in [4.78, 5) is 22.1. The number of hydrogen-bond donors (Lipinski definition) is 4. The van der Waals surface area contributed by atoms with Crippen molar-refractivity contribution in [2.24, 2.45) is 28.5 Å². The molecule has 6 N–H and O–H groups in total. The predicted molar refractivity (Wildman–Crippen MR) is 64.8 cm³/mol. The molecule has 0 saturated carbocycles. The van der Waals surface area contributed by atoms with Crippen LogP contribution in [0.3, 0.4) is 0 Å². The molecule has 0 radical (unpaired) electrons. The molecular formula is C10H20N4O4. The van der Waals surface area contributed by atoms with E-state index >= 15 is 0 Å². The topological polar surface area (TPSA) is 140 Å². The van der Waals surface area contributed by atoms with Gasteiger partial charge in [-0.1, -0.05) is 19.0 Å². The number of rotatable bonds is 8. The quantitative estimate of drug-likeness (QED) is 0.140. The second-order valence-electron chi connectivity index (χ2n) is 4.06. The Labute approximate surface area is 105 Å². The van der Waals surface area contributed by atoms with Crippen LogP contribution >= 0.6 is 0 Å². The molecule has 0 bridgehead atoms. The van der Waals surface area contributed by atoms with Gasteiger partial charge in [-0.15, -0.1) is 0 Å². The molecule has 0 rings (SSSR count). The maximum atomic E-state index is 11.8. The molecule has 0 aliphatic heterocycles. The third-order valence-electron chi connectivity index (χ3n) is 2.17. The molecule has 104 valence electrons. The number of nitrogens with two attached hydrogens (primary N) is 2. The van der Waals surface area contributed by atoms with E-state index in [1.54, 1.807) is 13.8 Å². The minimum atomic E-state index is -0.703. The highest BCUT2D eigenvalue weighted by atomic mass is 16.5. The zero-order chi connectivity index (χ0) is 14.1. The number of primary amides is 1. The van der Waals surface area contributed by atoms with E-state index in [2.05, 4.69) is 10.5 Å². The molecule has 0 aliphatic carbocycles. The summed E-state index contributed by atoms with van der Waals surface area (Å²) < 4.78 is 4.87. The number of carbonyl (C=O) groups excluding carboxylic acids is 2. The van der Waals surface area contributed by atoms with Crippen LogP contribution in [0.5, 0.6) is 0 Å². The van der Waals surface area contributed by atoms with Crippen molar-refractivity contribution in [3.8, 4) is 0 Å². The van der Waals surface area contributed by atoms with Crippen LogP contribution in [0.1, 0.15) is 13.8 Å². The summed E-state index contributed by atoms with van der Waals surface area (Å²) in [5, 5.41) is 14.0. The first-order chi connectivity index (χ1) is 8.40. The molecule has 18 heavy (non-hydrogen) atoms. The lowest BCUT2D eigenvalue weighted by Crippen LogP contribution is -2.42. The Morgan fingerprint density at radius 3 is 2.44 bits per heavy atom. The van der Waals surface area contributed by atoms with E-state index in [-0.39, 0.29) is 37.4 Å². The molecule has 2 amide bonds. The van der Waals surface area contributed by atoms with Gasteiger partial charge in [0, 0.05) is 6.54 Å². The lowest BCUT2D eigenvalue weighted by atomic mass is 9.94. The summed E-state index contributed by atoms with van der Waals surface area (Å²) in [7, 11) is 0. The van der Waals surface area contributed by atoms with Crippen LogP contribution in [0.15, 0.2) is 5.16 Å². The summed E-state index contributed by atoms with van der Waals surface area (Å²) in [5.41, 5.74) is 10.3. The van der Waals surface area contributed by atoms with Crippen molar-refractivity contribution < 1.29 is 19.5 Å². The van der Waals surface area contributed by atoms with Gasteiger partial charge in [-0.3, -0.25) is 9.59 Å². The predicted octanol–water partition coefficient (Wildman–Crippen LogP) is -1.38.